The summed E-state index contributed by atoms with van der Waals surface area (Å²) in [5.74, 6) is 3.85. The number of para-hydroxylation sites is 1. The Morgan fingerprint density at radius 2 is 1.17 bits per heavy atom. The number of hydrogen-bond donors (Lipinski definition) is 0. The van der Waals surface area contributed by atoms with Crippen molar-refractivity contribution in [2.24, 2.45) is 0 Å². The molecule has 5 aromatic carbocycles. The first-order valence-electron chi connectivity index (χ1n) is 13.7. The summed E-state index contributed by atoms with van der Waals surface area (Å²) in [6.07, 6.45) is 0. The first-order chi connectivity index (χ1) is 20.1. The molecular weight excluding hydrogens is 522 g/mol. The van der Waals surface area contributed by atoms with Gasteiger partial charge in [-0.2, -0.15) is 0 Å². The Morgan fingerprint density at radius 1 is 0.561 bits per heavy atom. The van der Waals surface area contributed by atoms with Crippen molar-refractivity contribution >= 4 is 11.8 Å². The van der Waals surface area contributed by atoms with Crippen molar-refractivity contribution in [1.29, 1.82) is 0 Å². The lowest BCUT2D eigenvalue weighted by Crippen LogP contribution is -2.15. The third-order valence-electron chi connectivity index (χ3n) is 8.00. The summed E-state index contributed by atoms with van der Waals surface area (Å²) in [6, 6.07) is 39.5. The summed E-state index contributed by atoms with van der Waals surface area (Å²) in [7, 11) is 0. The fourth-order valence-corrected chi connectivity index (χ4v) is 6.85. The molecule has 8 rings (SSSR count). The van der Waals surface area contributed by atoms with E-state index in [2.05, 4.69) is 56.3 Å². The van der Waals surface area contributed by atoms with Crippen molar-refractivity contribution in [2.45, 2.75) is 29.1 Å². The van der Waals surface area contributed by atoms with Gasteiger partial charge in [0, 0.05) is 27.7 Å². The molecule has 5 heteroatoms. The van der Waals surface area contributed by atoms with Crippen LogP contribution in [0, 0.1) is 0 Å². The molecule has 4 nitrogen and oxygen atoms in total. The van der Waals surface area contributed by atoms with Crippen LogP contribution in [0.2, 0.25) is 0 Å². The third kappa shape index (κ3) is 3.88. The van der Waals surface area contributed by atoms with Crippen LogP contribution in [-0.2, 0) is 5.41 Å². The lowest BCUT2D eigenvalue weighted by atomic mass is 9.82. The highest BCUT2D eigenvalue weighted by Gasteiger charge is 2.39. The fourth-order valence-electron chi connectivity index (χ4n) is 5.88. The molecule has 0 spiro atoms. The Morgan fingerprint density at radius 3 is 1.85 bits per heavy atom. The van der Waals surface area contributed by atoms with Crippen molar-refractivity contribution in [2.75, 3.05) is 0 Å². The second kappa shape index (κ2) is 9.15. The maximum Gasteiger partial charge on any atom is 0.164 e. The van der Waals surface area contributed by atoms with Crippen LogP contribution in [0.15, 0.2) is 125 Å². The molecule has 1 aromatic heterocycles. The van der Waals surface area contributed by atoms with Crippen LogP contribution in [0.5, 0.6) is 11.5 Å². The minimum atomic E-state index is -0.210. The van der Waals surface area contributed by atoms with Crippen molar-refractivity contribution in [1.82, 2.24) is 15.0 Å². The number of hydrogen-bond acceptors (Lipinski definition) is 5. The Balaban J connectivity index is 1.28. The van der Waals surface area contributed by atoms with Gasteiger partial charge in [-0.3, -0.25) is 0 Å². The van der Waals surface area contributed by atoms with E-state index in [4.69, 9.17) is 19.7 Å². The first-order valence-corrected chi connectivity index (χ1v) is 14.5. The molecule has 1 aliphatic heterocycles. The quantitative estimate of drug-likeness (QED) is 0.220. The predicted octanol–water partition coefficient (Wildman–Crippen LogP) is 9.44. The average Bonchev–Trinajstić information content (AvgIpc) is 3.26. The number of benzene rings is 5. The third-order valence-corrected chi connectivity index (χ3v) is 9.09. The van der Waals surface area contributed by atoms with Crippen LogP contribution in [-0.4, -0.2) is 15.0 Å². The Hall–Kier alpha value is -4.74. The van der Waals surface area contributed by atoms with Gasteiger partial charge >= 0.3 is 0 Å². The van der Waals surface area contributed by atoms with Gasteiger partial charge < -0.3 is 4.74 Å². The van der Waals surface area contributed by atoms with Crippen LogP contribution in [0.4, 0.5) is 0 Å². The zero-order valence-corrected chi connectivity index (χ0v) is 23.4. The van der Waals surface area contributed by atoms with E-state index >= 15 is 0 Å². The fraction of sp³-hybridized carbons (Fsp3) is 0.0833. The molecule has 196 valence electrons. The number of nitrogens with zero attached hydrogens (tertiary/aromatic N) is 3. The lowest BCUT2D eigenvalue weighted by Gasteiger charge is -2.25. The van der Waals surface area contributed by atoms with Gasteiger partial charge in [0.05, 0.1) is 9.79 Å². The van der Waals surface area contributed by atoms with E-state index in [9.17, 15) is 0 Å². The molecule has 0 saturated carbocycles. The van der Waals surface area contributed by atoms with Gasteiger partial charge in [0.2, 0.25) is 0 Å². The highest BCUT2D eigenvalue weighted by molar-refractivity contribution is 7.99. The molecule has 0 fully saturated rings. The molecule has 1 aliphatic carbocycles. The SMILES string of the molecule is CC1(C)c2cc(-c3nc(-c4ccccc4)nc(-c4ccccc4)n3)ccc2-c2c1ccc1c2Oc2ccccc2S1. The van der Waals surface area contributed by atoms with Crippen LogP contribution < -0.4 is 4.74 Å². The first kappa shape index (κ1) is 24.1. The summed E-state index contributed by atoms with van der Waals surface area (Å²) in [6.45, 7) is 4.58. The topological polar surface area (TPSA) is 47.9 Å². The summed E-state index contributed by atoms with van der Waals surface area (Å²) in [5, 5.41) is 0. The zero-order chi connectivity index (χ0) is 27.6. The van der Waals surface area contributed by atoms with E-state index in [0.717, 1.165) is 38.0 Å². The Kier molecular flexibility index (Phi) is 5.38. The molecule has 0 unspecified atom stereocenters. The number of ether oxygens (including phenoxy) is 1. The molecule has 0 atom stereocenters. The maximum atomic E-state index is 6.56. The smallest absolute Gasteiger partial charge is 0.164 e. The zero-order valence-electron chi connectivity index (χ0n) is 22.6. The van der Waals surface area contributed by atoms with Gasteiger partial charge in [0.1, 0.15) is 11.5 Å². The van der Waals surface area contributed by atoms with Crippen molar-refractivity contribution in [3.63, 3.8) is 0 Å². The van der Waals surface area contributed by atoms with E-state index in [1.807, 2.05) is 72.8 Å². The Labute approximate surface area is 243 Å². The minimum Gasteiger partial charge on any atom is -0.454 e. The maximum absolute atomic E-state index is 6.56. The molecule has 0 saturated heterocycles. The summed E-state index contributed by atoms with van der Waals surface area (Å²) < 4.78 is 6.56. The number of rotatable bonds is 3. The van der Waals surface area contributed by atoms with Crippen molar-refractivity contribution < 1.29 is 4.74 Å². The summed E-state index contributed by atoms with van der Waals surface area (Å²) in [4.78, 5) is 17.1. The molecule has 0 radical (unpaired) electrons. The van der Waals surface area contributed by atoms with Gasteiger partial charge in [-0.25, -0.2) is 15.0 Å². The highest BCUT2D eigenvalue weighted by Crippen LogP contribution is 2.58. The average molecular weight is 548 g/mol. The van der Waals surface area contributed by atoms with Gasteiger partial charge in [-0.05, 0) is 41.0 Å². The highest BCUT2D eigenvalue weighted by atomic mass is 32.2. The van der Waals surface area contributed by atoms with Gasteiger partial charge in [-0.15, -0.1) is 0 Å². The van der Waals surface area contributed by atoms with Gasteiger partial charge in [0.25, 0.3) is 0 Å². The van der Waals surface area contributed by atoms with Gasteiger partial charge in [0.15, 0.2) is 17.5 Å². The van der Waals surface area contributed by atoms with E-state index in [0.29, 0.717) is 17.5 Å². The van der Waals surface area contributed by atoms with E-state index in [-0.39, 0.29) is 5.41 Å². The standard InChI is InChI=1S/C36H25N3OS/c1-36(2)26-19-20-30-32(40-28-15-9-10-16-29(28)41-30)31(26)25-18-17-24(21-27(25)36)35-38-33(22-11-5-3-6-12-22)37-34(39-35)23-13-7-4-8-14-23/h3-21H,1-2H3. The molecule has 41 heavy (non-hydrogen) atoms. The number of aromatic nitrogens is 3. The van der Waals surface area contributed by atoms with Crippen molar-refractivity contribution in [3.8, 4) is 56.8 Å². The molecule has 6 aromatic rings. The summed E-state index contributed by atoms with van der Waals surface area (Å²) >= 11 is 1.77. The van der Waals surface area contributed by atoms with Crippen LogP contribution in [0.25, 0.3) is 45.3 Å². The minimum absolute atomic E-state index is 0.210. The molecule has 2 heterocycles. The largest absolute Gasteiger partial charge is 0.454 e. The molecule has 0 amide bonds. The summed E-state index contributed by atoms with van der Waals surface area (Å²) in [5.41, 5.74) is 7.58. The van der Waals surface area contributed by atoms with Crippen LogP contribution in [0.3, 0.4) is 0 Å². The monoisotopic (exact) mass is 547 g/mol. The predicted molar refractivity (Wildman–Crippen MR) is 164 cm³/mol. The van der Waals surface area contributed by atoms with Crippen LogP contribution >= 0.6 is 11.8 Å². The van der Waals surface area contributed by atoms with E-state index < -0.39 is 0 Å². The Bertz CT molecular complexity index is 1910. The molecule has 0 N–H and O–H groups in total. The van der Waals surface area contributed by atoms with Gasteiger partial charge in [-0.1, -0.05) is 117 Å². The molecule has 2 aliphatic rings. The second-order valence-corrected chi connectivity index (χ2v) is 12.0. The van der Waals surface area contributed by atoms with E-state index in [1.54, 1.807) is 11.8 Å². The lowest BCUT2D eigenvalue weighted by molar-refractivity contribution is 0.455. The second-order valence-electron chi connectivity index (χ2n) is 10.9. The van der Waals surface area contributed by atoms with E-state index in [1.165, 1.54) is 22.3 Å². The number of fused-ring (bicyclic) bond motifs is 6. The van der Waals surface area contributed by atoms with Crippen molar-refractivity contribution in [3.05, 3.63) is 126 Å². The molecular formula is C36H25N3OS. The van der Waals surface area contributed by atoms with Crippen LogP contribution in [0.1, 0.15) is 25.0 Å². The molecule has 0 bridgehead atoms. The normalized spacial score (nSPS) is 13.9.